The van der Waals surface area contributed by atoms with E-state index in [2.05, 4.69) is 25.6 Å². The van der Waals surface area contributed by atoms with Gasteiger partial charge >= 0.3 is 0 Å². The molecule has 2 heterocycles. The number of aromatic nitrogens is 3. The molecule has 0 bridgehead atoms. The molecule has 0 fully saturated rings. The number of rotatable bonds is 9. The van der Waals surface area contributed by atoms with Gasteiger partial charge in [-0.2, -0.15) is 4.31 Å². The van der Waals surface area contributed by atoms with E-state index < -0.39 is 10.0 Å². The minimum absolute atomic E-state index is 0.242. The minimum Gasteiger partial charge on any atom is -0.393 e. The van der Waals surface area contributed by atoms with E-state index in [0.29, 0.717) is 42.6 Å². The molecule has 9 nitrogen and oxygen atoms in total. The van der Waals surface area contributed by atoms with Gasteiger partial charge in [0.2, 0.25) is 10.0 Å². The number of pyridine rings is 1. The summed E-state index contributed by atoms with van der Waals surface area (Å²) >= 11 is 0. The molecule has 0 saturated heterocycles. The van der Waals surface area contributed by atoms with Crippen LogP contribution in [0.3, 0.4) is 0 Å². The minimum atomic E-state index is -3.50. The maximum absolute atomic E-state index is 12.6. The first-order chi connectivity index (χ1) is 14.5. The highest BCUT2D eigenvalue weighted by Gasteiger charge is 2.21. The van der Waals surface area contributed by atoms with Crippen LogP contribution in [0, 0.1) is 0 Å². The zero-order valence-electron chi connectivity index (χ0n) is 16.9. The Hall–Kier alpha value is -3.24. The molecule has 0 atom stereocenters. The fourth-order valence-electron chi connectivity index (χ4n) is 2.88. The summed E-state index contributed by atoms with van der Waals surface area (Å²) in [6.07, 6.45) is 4.88. The average molecular weight is 428 g/mol. The Bertz CT molecular complexity index is 1070. The van der Waals surface area contributed by atoms with E-state index in [4.69, 9.17) is 5.73 Å². The smallest absolute Gasteiger partial charge is 0.243 e. The fourth-order valence-corrected chi connectivity index (χ4v) is 4.34. The Morgan fingerprint density at radius 2 is 1.73 bits per heavy atom. The molecular weight excluding hydrogens is 402 g/mol. The van der Waals surface area contributed by atoms with E-state index in [1.165, 1.54) is 10.6 Å². The molecular formula is C20H25N7O2S. The predicted octanol–water partition coefficient (Wildman–Crippen LogP) is 2.84. The van der Waals surface area contributed by atoms with Crippen molar-refractivity contribution < 1.29 is 8.42 Å². The van der Waals surface area contributed by atoms with Crippen molar-refractivity contribution in [2.24, 2.45) is 0 Å². The van der Waals surface area contributed by atoms with Crippen LogP contribution >= 0.6 is 0 Å². The van der Waals surface area contributed by atoms with Gasteiger partial charge in [-0.3, -0.25) is 4.98 Å². The third-order valence-electron chi connectivity index (χ3n) is 4.53. The first-order valence-electron chi connectivity index (χ1n) is 9.56. The second kappa shape index (κ2) is 9.51. The van der Waals surface area contributed by atoms with E-state index in [9.17, 15) is 8.42 Å². The van der Waals surface area contributed by atoms with Gasteiger partial charge in [-0.15, -0.1) is 0 Å². The van der Waals surface area contributed by atoms with E-state index in [0.717, 1.165) is 5.56 Å². The molecule has 0 unspecified atom stereocenters. The number of sulfonamides is 1. The van der Waals surface area contributed by atoms with E-state index in [1.807, 2.05) is 26.0 Å². The van der Waals surface area contributed by atoms with E-state index in [-0.39, 0.29) is 4.90 Å². The summed E-state index contributed by atoms with van der Waals surface area (Å²) in [5.41, 5.74) is 8.22. The van der Waals surface area contributed by atoms with Crippen LogP contribution in [0.5, 0.6) is 0 Å². The molecule has 158 valence electrons. The first-order valence-corrected chi connectivity index (χ1v) is 11.0. The number of benzene rings is 1. The van der Waals surface area contributed by atoms with Gasteiger partial charge in [-0.05, 0) is 35.9 Å². The predicted molar refractivity (Wildman–Crippen MR) is 118 cm³/mol. The lowest BCUT2D eigenvalue weighted by molar-refractivity contribution is 0.445. The third-order valence-corrected chi connectivity index (χ3v) is 6.59. The van der Waals surface area contributed by atoms with Gasteiger partial charge in [0.25, 0.3) is 0 Å². The number of nitrogens with zero attached hydrogens (tertiary/aromatic N) is 4. The lowest BCUT2D eigenvalue weighted by Crippen LogP contribution is -2.30. The maximum Gasteiger partial charge on any atom is 0.243 e. The zero-order chi connectivity index (χ0) is 21.6. The van der Waals surface area contributed by atoms with Crippen LogP contribution in [0.15, 0.2) is 60.0 Å². The summed E-state index contributed by atoms with van der Waals surface area (Å²) < 4.78 is 26.6. The molecule has 4 N–H and O–H groups in total. The van der Waals surface area contributed by atoms with Crippen LogP contribution in [0.25, 0.3) is 0 Å². The second-order valence-corrected chi connectivity index (χ2v) is 8.38. The number of nitrogens with one attached hydrogen (secondary N) is 2. The van der Waals surface area contributed by atoms with Crippen LogP contribution in [-0.2, 0) is 16.6 Å². The fraction of sp³-hybridized carbons (Fsp3) is 0.250. The zero-order valence-corrected chi connectivity index (χ0v) is 17.7. The van der Waals surface area contributed by atoms with Crippen molar-refractivity contribution in [1.82, 2.24) is 19.3 Å². The van der Waals surface area contributed by atoms with E-state index >= 15 is 0 Å². The summed E-state index contributed by atoms with van der Waals surface area (Å²) in [6.45, 7) is 4.99. The molecule has 1 aromatic carbocycles. The van der Waals surface area contributed by atoms with Crippen LogP contribution in [-0.4, -0.2) is 40.8 Å². The molecule has 0 aliphatic heterocycles. The number of nitrogens with two attached hydrogens (primary N) is 1. The molecule has 0 amide bonds. The molecule has 0 spiro atoms. The normalized spacial score (nSPS) is 11.4. The van der Waals surface area contributed by atoms with Crippen molar-refractivity contribution in [3.63, 3.8) is 0 Å². The lowest BCUT2D eigenvalue weighted by Gasteiger charge is -2.18. The molecule has 3 aromatic rings. The van der Waals surface area contributed by atoms with Crippen molar-refractivity contribution in [3.05, 3.63) is 60.7 Å². The van der Waals surface area contributed by atoms with Crippen LogP contribution in [0.2, 0.25) is 0 Å². The van der Waals surface area contributed by atoms with Gasteiger partial charge in [0.15, 0.2) is 11.6 Å². The Morgan fingerprint density at radius 3 is 2.37 bits per heavy atom. The summed E-state index contributed by atoms with van der Waals surface area (Å²) in [5, 5.41) is 6.28. The molecule has 2 aromatic heterocycles. The number of anilines is 4. The highest BCUT2D eigenvalue weighted by molar-refractivity contribution is 7.89. The van der Waals surface area contributed by atoms with Crippen LogP contribution < -0.4 is 16.4 Å². The number of hydrogen-bond acceptors (Lipinski definition) is 8. The Kier molecular flexibility index (Phi) is 6.80. The van der Waals surface area contributed by atoms with Crippen molar-refractivity contribution in [2.75, 3.05) is 29.5 Å². The lowest BCUT2D eigenvalue weighted by atomic mass is 10.3. The molecule has 0 aliphatic carbocycles. The summed E-state index contributed by atoms with van der Waals surface area (Å²) in [5.74, 6) is 0.926. The first kappa shape index (κ1) is 21.5. The van der Waals surface area contributed by atoms with Gasteiger partial charge in [0.05, 0.1) is 4.90 Å². The molecule has 10 heteroatoms. The van der Waals surface area contributed by atoms with Crippen LogP contribution in [0.1, 0.15) is 19.4 Å². The molecule has 0 radical (unpaired) electrons. The molecule has 0 saturated carbocycles. The molecule has 3 rings (SSSR count). The number of nitrogen functional groups attached to an aromatic ring is 1. The SMILES string of the molecule is CCN(CC)S(=O)(=O)c1ccc(Nc2ncnc(NCc3cccnc3)c2N)cc1. The highest BCUT2D eigenvalue weighted by atomic mass is 32.2. The van der Waals surface area contributed by atoms with Gasteiger partial charge < -0.3 is 16.4 Å². The largest absolute Gasteiger partial charge is 0.393 e. The topological polar surface area (TPSA) is 126 Å². The summed E-state index contributed by atoms with van der Waals surface area (Å²) in [7, 11) is -3.50. The van der Waals surface area contributed by atoms with E-state index in [1.54, 1.807) is 36.7 Å². The van der Waals surface area contributed by atoms with Gasteiger partial charge in [0, 0.05) is 37.7 Å². The standard InChI is InChI=1S/C20H25N7O2S/c1-3-27(4-2)30(28,29)17-9-7-16(8-10-17)26-20-18(21)19(24-14-25-20)23-13-15-6-5-11-22-12-15/h5-12,14H,3-4,13,21H2,1-2H3,(H2,23,24,25,26). The van der Waals surface area contributed by atoms with Crippen molar-refractivity contribution in [3.8, 4) is 0 Å². The molecule has 0 aliphatic rings. The van der Waals surface area contributed by atoms with Crippen LogP contribution in [0.4, 0.5) is 23.0 Å². The summed E-state index contributed by atoms with van der Waals surface area (Å²) in [6, 6.07) is 10.3. The second-order valence-electron chi connectivity index (χ2n) is 6.44. The van der Waals surface area contributed by atoms with Crippen molar-refractivity contribution in [2.45, 2.75) is 25.3 Å². The Balaban J connectivity index is 1.73. The van der Waals surface area contributed by atoms with Crippen molar-refractivity contribution in [1.29, 1.82) is 0 Å². The van der Waals surface area contributed by atoms with Crippen molar-refractivity contribution >= 4 is 33.0 Å². The molecule has 30 heavy (non-hydrogen) atoms. The van der Waals surface area contributed by atoms with Gasteiger partial charge in [-0.25, -0.2) is 18.4 Å². The van der Waals surface area contributed by atoms with Gasteiger partial charge in [-0.1, -0.05) is 19.9 Å². The summed E-state index contributed by atoms with van der Waals surface area (Å²) in [4.78, 5) is 12.7. The highest BCUT2D eigenvalue weighted by Crippen LogP contribution is 2.27. The number of hydrogen-bond donors (Lipinski definition) is 3. The quantitative estimate of drug-likeness (QED) is 0.476. The Labute approximate surface area is 176 Å². The average Bonchev–Trinajstić information content (AvgIpc) is 2.76. The Morgan fingerprint density at radius 1 is 1.03 bits per heavy atom. The monoisotopic (exact) mass is 427 g/mol. The maximum atomic E-state index is 12.6. The van der Waals surface area contributed by atoms with Gasteiger partial charge in [0.1, 0.15) is 12.0 Å². The third kappa shape index (κ3) is 4.84.